The summed E-state index contributed by atoms with van der Waals surface area (Å²) in [5, 5.41) is 13.3. The van der Waals surface area contributed by atoms with Gasteiger partial charge in [-0.05, 0) is 19.1 Å². The fraction of sp³-hybridized carbons (Fsp3) is 0.214. The van der Waals surface area contributed by atoms with Crippen LogP contribution in [0.3, 0.4) is 0 Å². The minimum absolute atomic E-state index is 0.0334. The number of nitrogens with zero attached hydrogens (tertiary/aromatic N) is 4. The van der Waals surface area contributed by atoms with E-state index in [9.17, 15) is 14.9 Å². The summed E-state index contributed by atoms with van der Waals surface area (Å²) in [6, 6.07) is 7.43. The molecule has 0 atom stereocenters. The zero-order valence-corrected chi connectivity index (χ0v) is 12.2. The van der Waals surface area contributed by atoms with Crippen LogP contribution in [-0.4, -0.2) is 34.4 Å². The second-order valence-corrected chi connectivity index (χ2v) is 4.77. The largest absolute Gasteiger partial charge is 0.335 e. The first-order valence-electron chi connectivity index (χ1n) is 6.50. The van der Waals surface area contributed by atoms with Gasteiger partial charge < -0.3 is 10.2 Å². The van der Waals surface area contributed by atoms with Crippen molar-refractivity contribution in [3.05, 3.63) is 52.3 Å². The summed E-state index contributed by atoms with van der Waals surface area (Å²) >= 11 is 0. The van der Waals surface area contributed by atoms with E-state index in [1.165, 1.54) is 4.90 Å². The van der Waals surface area contributed by atoms with Crippen LogP contribution in [0.5, 0.6) is 0 Å². The van der Waals surface area contributed by atoms with Crippen LogP contribution >= 0.6 is 0 Å². The fourth-order valence-electron chi connectivity index (χ4n) is 1.73. The minimum Gasteiger partial charge on any atom is -0.335 e. The molecule has 0 aliphatic heterocycles. The smallest absolute Gasteiger partial charge is 0.305 e. The molecule has 0 aliphatic carbocycles. The quantitative estimate of drug-likeness (QED) is 0.667. The molecule has 22 heavy (non-hydrogen) atoms. The Hall–Kier alpha value is -3.03. The lowest BCUT2D eigenvalue weighted by atomic mass is 10.2. The molecule has 1 N–H and O–H groups in total. The molecular weight excluding hydrogens is 286 g/mol. The summed E-state index contributed by atoms with van der Waals surface area (Å²) in [6.45, 7) is 2.00. The van der Waals surface area contributed by atoms with Crippen LogP contribution in [0, 0.1) is 17.0 Å². The number of anilines is 2. The van der Waals surface area contributed by atoms with Crippen molar-refractivity contribution < 1.29 is 9.72 Å². The van der Waals surface area contributed by atoms with Crippen molar-refractivity contribution in [2.45, 2.75) is 6.92 Å². The molecule has 114 valence electrons. The van der Waals surface area contributed by atoms with Crippen LogP contribution in [0.15, 0.2) is 36.7 Å². The number of likely N-dealkylation sites (N-methyl/N-ethyl adjacent to an activating group) is 1. The minimum atomic E-state index is -0.576. The van der Waals surface area contributed by atoms with E-state index < -0.39 is 4.92 Å². The van der Waals surface area contributed by atoms with Crippen LogP contribution < -0.4 is 10.2 Å². The molecule has 0 saturated heterocycles. The second-order valence-electron chi connectivity index (χ2n) is 4.77. The second kappa shape index (κ2) is 6.61. The zero-order chi connectivity index (χ0) is 16.1. The van der Waals surface area contributed by atoms with Gasteiger partial charge in [0.25, 0.3) is 0 Å². The molecule has 0 fully saturated rings. The molecule has 8 heteroatoms. The third kappa shape index (κ3) is 3.98. The van der Waals surface area contributed by atoms with Gasteiger partial charge in [0, 0.05) is 12.7 Å². The van der Waals surface area contributed by atoms with Crippen molar-refractivity contribution in [2.75, 3.05) is 23.8 Å². The number of amides is 1. The van der Waals surface area contributed by atoms with Crippen molar-refractivity contribution in [3.8, 4) is 0 Å². The third-order valence-electron chi connectivity index (χ3n) is 2.89. The Balaban J connectivity index is 1.95. The molecule has 2 rings (SSSR count). The van der Waals surface area contributed by atoms with Gasteiger partial charge in [-0.2, -0.15) is 0 Å². The van der Waals surface area contributed by atoms with Gasteiger partial charge in [0.1, 0.15) is 12.4 Å². The summed E-state index contributed by atoms with van der Waals surface area (Å²) in [5.41, 5.74) is 1.62. The van der Waals surface area contributed by atoms with E-state index in [-0.39, 0.29) is 24.1 Å². The third-order valence-corrected chi connectivity index (χ3v) is 2.89. The Kier molecular flexibility index (Phi) is 4.62. The number of benzene rings is 1. The number of hydrogen-bond donors (Lipinski definition) is 1. The molecule has 0 saturated carbocycles. The zero-order valence-electron chi connectivity index (χ0n) is 12.2. The monoisotopic (exact) mass is 301 g/mol. The van der Waals surface area contributed by atoms with Gasteiger partial charge in [-0.3, -0.25) is 14.9 Å². The summed E-state index contributed by atoms with van der Waals surface area (Å²) in [6.07, 6.45) is 2.22. The first kappa shape index (κ1) is 15.4. The Morgan fingerprint density at radius 2 is 1.86 bits per heavy atom. The van der Waals surface area contributed by atoms with E-state index in [0.29, 0.717) is 5.69 Å². The van der Waals surface area contributed by atoms with Crippen LogP contribution in [0.25, 0.3) is 0 Å². The molecule has 0 aliphatic rings. The van der Waals surface area contributed by atoms with Crippen LogP contribution in [0.1, 0.15) is 5.56 Å². The van der Waals surface area contributed by atoms with E-state index >= 15 is 0 Å². The van der Waals surface area contributed by atoms with E-state index in [0.717, 1.165) is 18.0 Å². The molecule has 1 aromatic carbocycles. The Morgan fingerprint density at radius 1 is 1.27 bits per heavy atom. The highest BCUT2D eigenvalue weighted by Crippen LogP contribution is 2.11. The van der Waals surface area contributed by atoms with Crippen molar-refractivity contribution in [3.63, 3.8) is 0 Å². The molecule has 8 nitrogen and oxygen atoms in total. The van der Waals surface area contributed by atoms with Crippen molar-refractivity contribution in [1.82, 2.24) is 9.97 Å². The summed E-state index contributed by atoms with van der Waals surface area (Å²) in [4.78, 5) is 31.1. The fourth-order valence-corrected chi connectivity index (χ4v) is 1.73. The molecule has 0 spiro atoms. The molecule has 0 unspecified atom stereocenters. The Labute approximate surface area is 127 Å². The first-order chi connectivity index (χ1) is 10.5. The maximum atomic E-state index is 11.9. The van der Waals surface area contributed by atoms with E-state index in [2.05, 4.69) is 15.3 Å². The average molecular weight is 301 g/mol. The van der Waals surface area contributed by atoms with Gasteiger partial charge in [-0.15, -0.1) is 0 Å². The SMILES string of the molecule is Cc1ccc(NC(=O)CN(C)c2ncc([N+](=O)[O-])cn2)cc1. The van der Waals surface area contributed by atoms with Gasteiger partial charge in [-0.1, -0.05) is 17.7 Å². The first-order valence-corrected chi connectivity index (χ1v) is 6.50. The van der Waals surface area contributed by atoms with Crippen LogP contribution in [-0.2, 0) is 4.79 Å². The number of aryl methyl sites for hydroxylation is 1. The highest BCUT2D eigenvalue weighted by Gasteiger charge is 2.12. The van der Waals surface area contributed by atoms with Gasteiger partial charge in [0.2, 0.25) is 11.9 Å². The Morgan fingerprint density at radius 3 is 2.41 bits per heavy atom. The molecule has 1 aromatic heterocycles. The summed E-state index contributed by atoms with van der Waals surface area (Å²) in [5.74, 6) is 0.0120. The molecule has 2 aromatic rings. The van der Waals surface area contributed by atoms with Crippen LogP contribution in [0.4, 0.5) is 17.3 Å². The Bertz CT molecular complexity index is 670. The number of carbonyl (C=O) groups excluding carboxylic acids is 1. The highest BCUT2D eigenvalue weighted by molar-refractivity contribution is 5.93. The van der Waals surface area contributed by atoms with Crippen molar-refractivity contribution in [2.24, 2.45) is 0 Å². The van der Waals surface area contributed by atoms with Gasteiger partial charge in [0.15, 0.2) is 0 Å². The maximum Gasteiger partial charge on any atom is 0.305 e. The highest BCUT2D eigenvalue weighted by atomic mass is 16.6. The number of aromatic nitrogens is 2. The van der Waals surface area contributed by atoms with E-state index in [1.807, 2.05) is 31.2 Å². The normalized spacial score (nSPS) is 10.1. The molecule has 1 amide bonds. The lowest BCUT2D eigenvalue weighted by molar-refractivity contribution is -0.385. The van der Waals surface area contributed by atoms with E-state index in [4.69, 9.17) is 0 Å². The molecule has 0 bridgehead atoms. The molecule has 1 heterocycles. The van der Waals surface area contributed by atoms with Crippen molar-refractivity contribution >= 4 is 23.2 Å². The lowest BCUT2D eigenvalue weighted by Crippen LogP contribution is -2.31. The van der Waals surface area contributed by atoms with Crippen molar-refractivity contribution in [1.29, 1.82) is 0 Å². The topological polar surface area (TPSA) is 101 Å². The predicted octanol–water partition coefficient (Wildman–Crippen LogP) is 1.77. The number of hydrogen-bond acceptors (Lipinski definition) is 6. The molecular formula is C14H15N5O3. The molecule has 0 radical (unpaired) electrons. The summed E-state index contributed by atoms with van der Waals surface area (Å²) in [7, 11) is 1.63. The lowest BCUT2D eigenvalue weighted by Gasteiger charge is -2.16. The standard InChI is InChI=1S/C14H15N5O3/c1-10-3-5-11(6-4-10)17-13(20)9-18(2)14-15-7-12(8-16-14)19(21)22/h3-8H,9H2,1-2H3,(H,17,20). The number of rotatable bonds is 5. The maximum absolute atomic E-state index is 11.9. The number of nitrogens with one attached hydrogen (secondary N) is 1. The van der Waals surface area contributed by atoms with Gasteiger partial charge in [0.05, 0.1) is 11.5 Å². The van der Waals surface area contributed by atoms with Gasteiger partial charge in [-0.25, -0.2) is 9.97 Å². The summed E-state index contributed by atoms with van der Waals surface area (Å²) < 4.78 is 0. The predicted molar refractivity (Wildman–Crippen MR) is 81.8 cm³/mol. The van der Waals surface area contributed by atoms with Gasteiger partial charge >= 0.3 is 5.69 Å². The van der Waals surface area contributed by atoms with Crippen LogP contribution in [0.2, 0.25) is 0 Å². The number of carbonyl (C=O) groups is 1. The number of nitro groups is 1. The average Bonchev–Trinajstić information content (AvgIpc) is 2.49. The van der Waals surface area contributed by atoms with E-state index in [1.54, 1.807) is 7.05 Å².